The lowest BCUT2D eigenvalue weighted by molar-refractivity contribution is 0.102. The number of oxime groups is 1. The van der Waals surface area contributed by atoms with Gasteiger partial charge in [0.1, 0.15) is 16.4 Å². The number of aromatic nitrogens is 2. The first kappa shape index (κ1) is 12.9. The second kappa shape index (κ2) is 5.40. The third-order valence-electron chi connectivity index (χ3n) is 2.32. The number of carbonyl (C=O) groups is 1. The molecule has 2 aromatic rings. The zero-order valence-corrected chi connectivity index (χ0v) is 10.7. The quantitative estimate of drug-likeness (QED) is 0.286. The van der Waals surface area contributed by atoms with E-state index in [1.165, 1.54) is 24.6 Å². The Morgan fingerprint density at radius 2 is 2.47 bits per heavy atom. The van der Waals surface area contributed by atoms with Crippen molar-refractivity contribution >= 4 is 28.9 Å². The lowest BCUT2D eigenvalue weighted by Gasteiger charge is -2.05. The normalized spacial score (nSPS) is 11.3. The fourth-order valence-electron chi connectivity index (χ4n) is 1.42. The lowest BCUT2D eigenvalue weighted by Crippen LogP contribution is -2.18. The summed E-state index contributed by atoms with van der Waals surface area (Å²) in [4.78, 5) is 12.5. The summed E-state index contributed by atoms with van der Waals surface area (Å²) in [7, 11) is 1.48. The summed E-state index contributed by atoms with van der Waals surface area (Å²) in [5.41, 5.74) is 5.75. The van der Waals surface area contributed by atoms with Gasteiger partial charge < -0.3 is 21.0 Å². The molecule has 9 heteroatoms. The molecule has 19 heavy (non-hydrogen) atoms. The number of nitrogens with zero attached hydrogens (tertiary/aromatic N) is 2. The standard InChI is InChI=1S/C10H11N5O3S/c1-18-6-2-3-19-7(6)10(16)13-9-5(4-12-14-9)8(11)15-17/h2-4,17H,1H3,(H2,11,15)(H2,12,13,14,16). The van der Waals surface area contributed by atoms with Gasteiger partial charge in [-0.05, 0) is 11.4 Å². The van der Waals surface area contributed by atoms with Gasteiger partial charge in [-0.3, -0.25) is 9.89 Å². The predicted molar refractivity (Wildman–Crippen MR) is 69.9 cm³/mol. The van der Waals surface area contributed by atoms with Crippen LogP contribution in [-0.4, -0.2) is 34.3 Å². The van der Waals surface area contributed by atoms with Crippen molar-refractivity contribution in [1.29, 1.82) is 0 Å². The fourth-order valence-corrected chi connectivity index (χ4v) is 2.18. The van der Waals surface area contributed by atoms with E-state index in [0.29, 0.717) is 16.2 Å². The summed E-state index contributed by atoms with van der Waals surface area (Å²) in [6.45, 7) is 0. The van der Waals surface area contributed by atoms with E-state index in [0.717, 1.165) is 0 Å². The van der Waals surface area contributed by atoms with Crippen molar-refractivity contribution < 1.29 is 14.7 Å². The molecule has 0 atom stereocenters. The van der Waals surface area contributed by atoms with Gasteiger partial charge in [0.2, 0.25) is 0 Å². The lowest BCUT2D eigenvalue weighted by atomic mass is 10.3. The van der Waals surface area contributed by atoms with E-state index in [4.69, 9.17) is 15.7 Å². The number of hydrogen-bond acceptors (Lipinski definition) is 6. The van der Waals surface area contributed by atoms with E-state index in [9.17, 15) is 4.79 Å². The highest BCUT2D eigenvalue weighted by molar-refractivity contribution is 7.12. The van der Waals surface area contributed by atoms with Crippen LogP contribution in [-0.2, 0) is 0 Å². The maximum Gasteiger partial charge on any atom is 0.270 e. The molecular weight excluding hydrogens is 270 g/mol. The first-order valence-corrected chi connectivity index (χ1v) is 5.99. The summed E-state index contributed by atoms with van der Waals surface area (Å²) in [5.74, 6) is 0.202. The van der Waals surface area contributed by atoms with Gasteiger partial charge in [-0.25, -0.2) is 0 Å². The Hall–Kier alpha value is -2.55. The van der Waals surface area contributed by atoms with Gasteiger partial charge in [-0.1, -0.05) is 5.16 Å². The Bertz CT molecular complexity index is 618. The van der Waals surface area contributed by atoms with E-state index in [-0.39, 0.29) is 17.6 Å². The topological polar surface area (TPSA) is 126 Å². The number of carbonyl (C=O) groups excluding carboxylic acids is 1. The van der Waals surface area contributed by atoms with Gasteiger partial charge in [0.15, 0.2) is 5.84 Å². The van der Waals surface area contributed by atoms with Crippen molar-refractivity contribution in [3.63, 3.8) is 0 Å². The number of methoxy groups -OCH3 is 1. The average molecular weight is 281 g/mol. The second-order valence-electron chi connectivity index (χ2n) is 3.42. The molecule has 0 unspecified atom stereocenters. The van der Waals surface area contributed by atoms with Crippen LogP contribution in [0, 0.1) is 0 Å². The number of H-pyrrole nitrogens is 1. The van der Waals surface area contributed by atoms with Gasteiger partial charge in [0, 0.05) is 0 Å². The zero-order chi connectivity index (χ0) is 13.8. The van der Waals surface area contributed by atoms with Crippen molar-refractivity contribution in [2.45, 2.75) is 0 Å². The number of anilines is 1. The minimum atomic E-state index is -0.372. The second-order valence-corrected chi connectivity index (χ2v) is 4.33. The molecule has 100 valence electrons. The molecule has 8 nitrogen and oxygen atoms in total. The number of ether oxygens (including phenoxy) is 1. The van der Waals surface area contributed by atoms with Crippen molar-refractivity contribution in [3.8, 4) is 5.75 Å². The maximum absolute atomic E-state index is 12.0. The van der Waals surface area contributed by atoms with E-state index in [1.54, 1.807) is 11.4 Å². The van der Waals surface area contributed by atoms with Crippen LogP contribution in [0.1, 0.15) is 15.2 Å². The molecule has 0 aliphatic rings. The van der Waals surface area contributed by atoms with Gasteiger partial charge in [-0.15, -0.1) is 11.3 Å². The number of hydrogen-bond donors (Lipinski definition) is 4. The summed E-state index contributed by atoms with van der Waals surface area (Å²) in [5, 5.41) is 22.1. The molecule has 0 saturated carbocycles. The molecule has 0 fully saturated rings. The summed E-state index contributed by atoms with van der Waals surface area (Å²) < 4.78 is 5.06. The van der Waals surface area contributed by atoms with Crippen molar-refractivity contribution in [2.75, 3.05) is 12.4 Å². The number of thiophene rings is 1. The average Bonchev–Trinajstić information content (AvgIpc) is 3.05. The molecule has 2 rings (SSSR count). The first-order chi connectivity index (χ1) is 9.17. The van der Waals surface area contributed by atoms with E-state index in [2.05, 4.69) is 20.7 Å². The van der Waals surface area contributed by atoms with E-state index in [1.807, 2.05) is 0 Å². The number of aromatic amines is 1. The Morgan fingerprint density at radius 3 is 3.16 bits per heavy atom. The summed E-state index contributed by atoms with van der Waals surface area (Å²) in [6, 6.07) is 1.69. The largest absolute Gasteiger partial charge is 0.495 e. The third kappa shape index (κ3) is 2.50. The van der Waals surface area contributed by atoms with Gasteiger partial charge in [-0.2, -0.15) is 5.10 Å². The number of nitrogens with two attached hydrogens (primary N) is 1. The maximum atomic E-state index is 12.0. The van der Waals surface area contributed by atoms with Crippen molar-refractivity contribution in [3.05, 3.63) is 28.1 Å². The zero-order valence-electron chi connectivity index (χ0n) is 9.88. The van der Waals surface area contributed by atoms with Gasteiger partial charge >= 0.3 is 0 Å². The van der Waals surface area contributed by atoms with E-state index >= 15 is 0 Å². The Labute approximate surface area is 111 Å². The monoisotopic (exact) mass is 281 g/mol. The van der Waals surface area contributed by atoms with Crippen LogP contribution >= 0.6 is 11.3 Å². The highest BCUT2D eigenvalue weighted by Crippen LogP contribution is 2.25. The molecule has 0 radical (unpaired) electrons. The molecule has 0 spiro atoms. The highest BCUT2D eigenvalue weighted by atomic mass is 32.1. The van der Waals surface area contributed by atoms with Gasteiger partial charge in [0.25, 0.3) is 5.91 Å². The molecule has 0 aliphatic carbocycles. The number of rotatable bonds is 4. The SMILES string of the molecule is COc1ccsc1C(=O)Nc1[nH]ncc1/C(N)=N/O. The molecule has 0 aliphatic heterocycles. The molecule has 5 N–H and O–H groups in total. The molecule has 0 aromatic carbocycles. The molecule has 2 heterocycles. The minimum Gasteiger partial charge on any atom is -0.495 e. The van der Waals surface area contributed by atoms with Crippen molar-refractivity contribution in [1.82, 2.24) is 10.2 Å². The number of nitrogens with one attached hydrogen (secondary N) is 2. The van der Waals surface area contributed by atoms with Crippen LogP contribution in [0.5, 0.6) is 5.75 Å². The van der Waals surface area contributed by atoms with Crippen LogP contribution < -0.4 is 15.8 Å². The van der Waals surface area contributed by atoms with Gasteiger partial charge in [0.05, 0.1) is 18.9 Å². The van der Waals surface area contributed by atoms with Crippen LogP contribution in [0.25, 0.3) is 0 Å². The first-order valence-electron chi connectivity index (χ1n) is 5.11. The Kier molecular flexibility index (Phi) is 3.66. The molecular formula is C10H11N5O3S. The van der Waals surface area contributed by atoms with E-state index < -0.39 is 0 Å². The summed E-state index contributed by atoms with van der Waals surface area (Å²) >= 11 is 1.24. The van der Waals surface area contributed by atoms with Crippen LogP contribution in [0.2, 0.25) is 0 Å². The molecule has 0 bridgehead atoms. The van der Waals surface area contributed by atoms with Crippen LogP contribution in [0.15, 0.2) is 22.8 Å². The number of amides is 1. The molecule has 2 aromatic heterocycles. The van der Waals surface area contributed by atoms with Crippen molar-refractivity contribution in [2.24, 2.45) is 10.9 Å². The van der Waals surface area contributed by atoms with Crippen LogP contribution in [0.3, 0.4) is 0 Å². The Balaban J connectivity index is 2.23. The molecule has 0 saturated heterocycles. The summed E-state index contributed by atoms with van der Waals surface area (Å²) in [6.07, 6.45) is 1.34. The Morgan fingerprint density at radius 1 is 1.68 bits per heavy atom. The number of amidine groups is 1. The minimum absolute atomic E-state index is 0.151. The predicted octanol–water partition coefficient (Wildman–Crippen LogP) is 0.827. The van der Waals surface area contributed by atoms with Crippen LogP contribution in [0.4, 0.5) is 5.82 Å². The highest BCUT2D eigenvalue weighted by Gasteiger charge is 2.17. The fraction of sp³-hybridized carbons (Fsp3) is 0.100. The smallest absolute Gasteiger partial charge is 0.270 e. The molecule has 1 amide bonds. The third-order valence-corrected chi connectivity index (χ3v) is 3.21.